The highest BCUT2D eigenvalue weighted by molar-refractivity contribution is 5.37. The van der Waals surface area contributed by atoms with E-state index >= 15 is 0 Å². The zero-order valence-electron chi connectivity index (χ0n) is 10.9. The molecule has 0 aromatic carbocycles. The first-order chi connectivity index (χ1) is 8.49. The molecule has 0 amide bonds. The Bertz CT molecular complexity index is 368. The Labute approximate surface area is 106 Å². The lowest BCUT2D eigenvalue weighted by molar-refractivity contribution is -0.190. The van der Waals surface area contributed by atoms with E-state index in [1.165, 1.54) is 7.11 Å². The van der Waals surface area contributed by atoms with Crippen molar-refractivity contribution in [2.75, 3.05) is 30.5 Å². The molecule has 0 radical (unpaired) electrons. The van der Waals surface area contributed by atoms with Crippen LogP contribution in [0.25, 0.3) is 0 Å². The molecule has 0 fully saturated rings. The number of hydrogen-bond acceptors (Lipinski definition) is 8. The van der Waals surface area contributed by atoms with Gasteiger partial charge < -0.3 is 26.3 Å². The molecule has 0 aliphatic heterocycles. The number of ether oxygens (including phenoxy) is 2. The third-order valence-electron chi connectivity index (χ3n) is 2.27. The van der Waals surface area contributed by atoms with Crippen molar-refractivity contribution < 1.29 is 9.47 Å². The van der Waals surface area contributed by atoms with Crippen molar-refractivity contribution in [3.05, 3.63) is 0 Å². The van der Waals surface area contributed by atoms with E-state index in [0.29, 0.717) is 6.61 Å². The number of hydrogen-bond donors (Lipinski definition) is 3. The van der Waals surface area contributed by atoms with E-state index in [4.69, 9.17) is 20.9 Å². The van der Waals surface area contributed by atoms with E-state index in [1.54, 1.807) is 6.92 Å². The van der Waals surface area contributed by atoms with Gasteiger partial charge in [0.15, 0.2) is 0 Å². The molecule has 1 aromatic heterocycles. The minimum atomic E-state index is -1.03. The summed E-state index contributed by atoms with van der Waals surface area (Å²) in [4.78, 5) is 11.5. The van der Waals surface area contributed by atoms with E-state index in [9.17, 15) is 0 Å². The number of anilines is 3. The lowest BCUT2D eigenvalue weighted by Gasteiger charge is -2.28. The Kier molecular flexibility index (Phi) is 5.05. The summed E-state index contributed by atoms with van der Waals surface area (Å²) in [6.45, 7) is 4.36. The molecule has 1 unspecified atom stereocenters. The molecule has 0 saturated heterocycles. The fraction of sp³-hybridized carbons (Fsp3) is 0.700. The first-order valence-corrected chi connectivity index (χ1v) is 5.73. The van der Waals surface area contributed by atoms with Crippen LogP contribution in [0.1, 0.15) is 26.7 Å². The molecule has 8 heteroatoms. The average molecular weight is 256 g/mol. The third kappa shape index (κ3) is 4.30. The highest BCUT2D eigenvalue weighted by atomic mass is 16.7. The predicted octanol–water partition coefficient (Wildman–Crippen LogP) is 0.585. The Balaban J connectivity index is 2.71. The highest BCUT2D eigenvalue weighted by Crippen LogP contribution is 2.15. The van der Waals surface area contributed by atoms with Crippen LogP contribution < -0.4 is 16.8 Å². The molecule has 0 aliphatic rings. The molecule has 5 N–H and O–H groups in total. The zero-order valence-corrected chi connectivity index (χ0v) is 10.9. The summed E-state index contributed by atoms with van der Waals surface area (Å²) in [6, 6.07) is 0. The molecular weight excluding hydrogens is 236 g/mol. The van der Waals surface area contributed by atoms with Crippen LogP contribution in [-0.4, -0.2) is 34.6 Å². The second-order valence-corrected chi connectivity index (χ2v) is 3.85. The molecular formula is C10H20N6O2. The normalized spacial score (nSPS) is 14.2. The summed E-state index contributed by atoms with van der Waals surface area (Å²) >= 11 is 0. The van der Waals surface area contributed by atoms with Crippen LogP contribution in [0.2, 0.25) is 0 Å². The van der Waals surface area contributed by atoms with Gasteiger partial charge in [-0.25, -0.2) is 0 Å². The largest absolute Gasteiger partial charge is 0.368 e. The van der Waals surface area contributed by atoms with Crippen LogP contribution in [0.15, 0.2) is 0 Å². The Hall–Kier alpha value is -1.67. The number of unbranched alkanes of at least 4 members (excludes halogenated alkanes) is 1. The lowest BCUT2D eigenvalue weighted by Crippen LogP contribution is -2.41. The average Bonchev–Trinajstić information content (AvgIpc) is 2.28. The molecule has 1 heterocycles. The van der Waals surface area contributed by atoms with Crippen molar-refractivity contribution in [3.8, 4) is 0 Å². The molecule has 0 aliphatic carbocycles. The minimum absolute atomic E-state index is 0.0389. The van der Waals surface area contributed by atoms with Crippen LogP contribution in [0.5, 0.6) is 0 Å². The summed E-state index contributed by atoms with van der Waals surface area (Å²) in [5, 5.41) is 2.88. The maximum absolute atomic E-state index is 5.59. The van der Waals surface area contributed by atoms with Gasteiger partial charge in [-0.2, -0.15) is 15.0 Å². The Morgan fingerprint density at radius 1 is 1.22 bits per heavy atom. The Morgan fingerprint density at radius 3 is 2.33 bits per heavy atom. The summed E-state index contributed by atoms with van der Waals surface area (Å²) in [5.41, 5.74) is 11.0. The van der Waals surface area contributed by atoms with Gasteiger partial charge in [-0.05, 0) is 6.42 Å². The van der Waals surface area contributed by atoms with E-state index in [-0.39, 0.29) is 17.8 Å². The van der Waals surface area contributed by atoms with Gasteiger partial charge in [0.2, 0.25) is 23.8 Å². The van der Waals surface area contributed by atoms with E-state index < -0.39 is 5.91 Å². The molecule has 102 valence electrons. The van der Waals surface area contributed by atoms with Gasteiger partial charge in [0.25, 0.3) is 0 Å². The molecule has 1 rings (SSSR count). The number of nitrogens with zero attached hydrogens (tertiary/aromatic N) is 3. The number of nitrogens with one attached hydrogen (secondary N) is 1. The molecule has 0 saturated carbocycles. The van der Waals surface area contributed by atoms with Crippen LogP contribution in [-0.2, 0) is 9.47 Å². The maximum Gasteiger partial charge on any atom is 0.248 e. The van der Waals surface area contributed by atoms with Crippen LogP contribution in [0.3, 0.4) is 0 Å². The smallest absolute Gasteiger partial charge is 0.248 e. The van der Waals surface area contributed by atoms with Gasteiger partial charge in [-0.15, -0.1) is 0 Å². The summed E-state index contributed by atoms with van der Waals surface area (Å²) in [6.07, 6.45) is 1.97. The first kappa shape index (κ1) is 14.4. The quantitative estimate of drug-likeness (QED) is 0.478. The molecule has 8 nitrogen and oxygen atoms in total. The van der Waals surface area contributed by atoms with Gasteiger partial charge in [0, 0.05) is 14.0 Å². The number of nitrogens with two attached hydrogens (primary N) is 2. The molecule has 0 spiro atoms. The summed E-state index contributed by atoms with van der Waals surface area (Å²) < 4.78 is 10.8. The third-order valence-corrected chi connectivity index (χ3v) is 2.27. The fourth-order valence-electron chi connectivity index (χ4n) is 1.23. The van der Waals surface area contributed by atoms with Gasteiger partial charge in [-0.1, -0.05) is 13.3 Å². The second kappa shape index (κ2) is 6.31. The van der Waals surface area contributed by atoms with Crippen molar-refractivity contribution in [3.63, 3.8) is 0 Å². The summed E-state index contributed by atoms with van der Waals surface area (Å²) in [5.74, 6) is -0.745. The van der Waals surface area contributed by atoms with Crippen molar-refractivity contribution >= 4 is 17.8 Å². The van der Waals surface area contributed by atoms with Gasteiger partial charge in [0.05, 0.1) is 6.61 Å². The van der Waals surface area contributed by atoms with E-state index in [0.717, 1.165) is 12.8 Å². The predicted molar refractivity (Wildman–Crippen MR) is 68.5 cm³/mol. The van der Waals surface area contributed by atoms with Crippen LogP contribution >= 0.6 is 0 Å². The summed E-state index contributed by atoms with van der Waals surface area (Å²) in [7, 11) is 1.52. The Morgan fingerprint density at radius 2 is 1.83 bits per heavy atom. The highest BCUT2D eigenvalue weighted by Gasteiger charge is 2.25. The number of aromatic nitrogens is 3. The monoisotopic (exact) mass is 256 g/mol. The zero-order chi connectivity index (χ0) is 13.6. The van der Waals surface area contributed by atoms with Crippen LogP contribution in [0.4, 0.5) is 17.8 Å². The van der Waals surface area contributed by atoms with Crippen molar-refractivity contribution in [2.24, 2.45) is 0 Å². The molecule has 18 heavy (non-hydrogen) atoms. The van der Waals surface area contributed by atoms with Crippen molar-refractivity contribution in [1.82, 2.24) is 15.0 Å². The van der Waals surface area contributed by atoms with E-state index in [1.807, 2.05) is 0 Å². The first-order valence-electron chi connectivity index (χ1n) is 5.73. The SMILES string of the molecule is CCCCOC(C)(Nc1nc(N)nc(N)n1)OC. The van der Waals surface area contributed by atoms with Gasteiger partial charge in [-0.3, -0.25) is 0 Å². The van der Waals surface area contributed by atoms with E-state index in [2.05, 4.69) is 27.2 Å². The van der Waals surface area contributed by atoms with Gasteiger partial charge >= 0.3 is 0 Å². The number of nitrogen functional groups attached to an aromatic ring is 2. The van der Waals surface area contributed by atoms with Crippen molar-refractivity contribution in [2.45, 2.75) is 32.6 Å². The standard InChI is InChI=1S/C10H20N6O2/c1-4-5-6-18-10(2,17-3)16-9-14-7(11)13-8(12)15-9/h4-6H2,1-3H3,(H5,11,12,13,14,15,16). The second-order valence-electron chi connectivity index (χ2n) is 3.85. The molecule has 0 bridgehead atoms. The topological polar surface area (TPSA) is 121 Å². The fourth-order valence-corrected chi connectivity index (χ4v) is 1.23. The lowest BCUT2D eigenvalue weighted by atomic mass is 10.3. The van der Waals surface area contributed by atoms with Gasteiger partial charge in [0.1, 0.15) is 0 Å². The number of methoxy groups -OCH3 is 1. The van der Waals surface area contributed by atoms with Crippen molar-refractivity contribution in [1.29, 1.82) is 0 Å². The molecule has 1 aromatic rings. The van der Waals surface area contributed by atoms with Crippen LogP contribution in [0, 0.1) is 0 Å². The number of rotatable bonds is 7. The maximum atomic E-state index is 5.59. The minimum Gasteiger partial charge on any atom is -0.368 e. The molecule has 1 atom stereocenters.